The van der Waals surface area contributed by atoms with Gasteiger partial charge in [0, 0.05) is 16.0 Å². The van der Waals surface area contributed by atoms with E-state index < -0.39 is 22.4 Å². The minimum atomic E-state index is -1.68. The Morgan fingerprint density at radius 3 is 2.24 bits per heavy atom. The van der Waals surface area contributed by atoms with Crippen molar-refractivity contribution < 1.29 is 13.0 Å². The predicted octanol–water partition coefficient (Wildman–Crippen LogP) is 3.78. The van der Waals surface area contributed by atoms with Crippen molar-refractivity contribution in [2.45, 2.75) is 9.79 Å². The van der Waals surface area contributed by atoms with Crippen molar-refractivity contribution in [1.29, 1.82) is 0 Å². The van der Waals surface area contributed by atoms with Gasteiger partial charge in [0.25, 0.3) is 0 Å². The number of benzene rings is 2. The molecule has 0 aliphatic heterocycles. The smallest absolute Gasteiger partial charge is 0.142 e. The second-order valence-corrected chi connectivity index (χ2v) is 5.18. The van der Waals surface area contributed by atoms with Gasteiger partial charge in [-0.25, -0.2) is 13.0 Å². The fourth-order valence-corrected chi connectivity index (χ4v) is 2.50. The normalized spacial score (nSPS) is 12.4. The fourth-order valence-electron chi connectivity index (χ4n) is 1.31. The van der Waals surface area contributed by atoms with Gasteiger partial charge in [-0.1, -0.05) is 11.6 Å². The highest BCUT2D eigenvalue weighted by molar-refractivity contribution is 7.85. The third-order valence-corrected chi connectivity index (χ3v) is 3.80. The van der Waals surface area contributed by atoms with Crippen LogP contribution in [0.15, 0.2) is 52.3 Å². The first-order valence-electron chi connectivity index (χ1n) is 4.70. The Kier molecular flexibility index (Phi) is 3.54. The molecule has 0 bridgehead atoms. The molecule has 0 aliphatic carbocycles. The van der Waals surface area contributed by atoms with Crippen LogP contribution in [0.4, 0.5) is 8.78 Å². The molecule has 1 unspecified atom stereocenters. The van der Waals surface area contributed by atoms with Crippen molar-refractivity contribution >= 4 is 22.4 Å². The maximum absolute atomic E-state index is 13.4. The maximum Gasteiger partial charge on any atom is 0.142 e. The van der Waals surface area contributed by atoms with E-state index in [-0.39, 0.29) is 4.90 Å². The molecule has 0 amide bonds. The summed E-state index contributed by atoms with van der Waals surface area (Å²) in [6.07, 6.45) is 0. The van der Waals surface area contributed by atoms with E-state index in [1.54, 1.807) is 24.3 Å². The first-order chi connectivity index (χ1) is 8.08. The Hall–Kier alpha value is -1.26. The van der Waals surface area contributed by atoms with Crippen LogP contribution < -0.4 is 0 Å². The minimum absolute atomic E-state index is 0.0475. The van der Waals surface area contributed by atoms with Crippen LogP contribution in [0.3, 0.4) is 0 Å². The maximum atomic E-state index is 13.4. The van der Waals surface area contributed by atoms with E-state index in [0.29, 0.717) is 16.0 Å². The predicted molar refractivity (Wildman–Crippen MR) is 62.5 cm³/mol. The lowest BCUT2D eigenvalue weighted by Gasteiger charge is -2.03. The first-order valence-corrected chi connectivity index (χ1v) is 6.23. The van der Waals surface area contributed by atoms with Crippen LogP contribution in [0.1, 0.15) is 0 Å². The van der Waals surface area contributed by atoms with Crippen molar-refractivity contribution in [3.8, 4) is 0 Å². The van der Waals surface area contributed by atoms with Crippen LogP contribution in [0.5, 0.6) is 0 Å². The van der Waals surface area contributed by atoms with Crippen molar-refractivity contribution in [2.24, 2.45) is 0 Å². The zero-order valence-corrected chi connectivity index (χ0v) is 10.1. The summed E-state index contributed by atoms with van der Waals surface area (Å²) in [5, 5.41) is 0.505. The van der Waals surface area contributed by atoms with Crippen molar-refractivity contribution in [2.75, 3.05) is 0 Å². The minimum Gasteiger partial charge on any atom is -0.249 e. The van der Waals surface area contributed by atoms with Gasteiger partial charge in [0.2, 0.25) is 0 Å². The summed E-state index contributed by atoms with van der Waals surface area (Å²) < 4.78 is 38.1. The topological polar surface area (TPSA) is 17.1 Å². The SMILES string of the molecule is O=S(c1ccc(Cl)cc1)c1ccc(F)cc1F. The van der Waals surface area contributed by atoms with Crippen LogP contribution in [0.2, 0.25) is 5.02 Å². The quantitative estimate of drug-likeness (QED) is 0.813. The van der Waals surface area contributed by atoms with E-state index >= 15 is 0 Å². The zero-order valence-electron chi connectivity index (χ0n) is 8.49. The van der Waals surface area contributed by atoms with E-state index in [2.05, 4.69) is 0 Å². The first kappa shape index (κ1) is 12.2. The highest BCUT2D eigenvalue weighted by Crippen LogP contribution is 2.21. The molecule has 0 N–H and O–H groups in total. The molecule has 88 valence electrons. The monoisotopic (exact) mass is 272 g/mol. The third kappa shape index (κ3) is 2.70. The number of halogens is 3. The average Bonchev–Trinajstić information content (AvgIpc) is 2.29. The lowest BCUT2D eigenvalue weighted by Crippen LogP contribution is -1.97. The Bertz CT molecular complexity index is 569. The van der Waals surface area contributed by atoms with Crippen molar-refractivity contribution in [1.82, 2.24) is 0 Å². The molecular weight excluding hydrogens is 266 g/mol. The average molecular weight is 273 g/mol. The molecule has 0 fully saturated rings. The summed E-state index contributed by atoms with van der Waals surface area (Å²) in [4.78, 5) is 0.369. The van der Waals surface area contributed by atoms with Gasteiger partial charge in [-0.3, -0.25) is 0 Å². The Labute approximate surface area is 104 Å². The van der Waals surface area contributed by atoms with Gasteiger partial charge in [0.15, 0.2) is 0 Å². The molecule has 0 saturated carbocycles. The molecule has 0 heterocycles. The summed E-state index contributed by atoms with van der Waals surface area (Å²) in [7, 11) is -1.68. The lowest BCUT2D eigenvalue weighted by molar-refractivity contribution is 0.562. The number of hydrogen-bond acceptors (Lipinski definition) is 1. The highest BCUT2D eigenvalue weighted by Gasteiger charge is 2.12. The van der Waals surface area contributed by atoms with Gasteiger partial charge < -0.3 is 0 Å². The van der Waals surface area contributed by atoms with Gasteiger partial charge in [-0.05, 0) is 36.4 Å². The van der Waals surface area contributed by atoms with Crippen LogP contribution in [-0.2, 0) is 10.8 Å². The molecule has 0 radical (unpaired) electrons. The van der Waals surface area contributed by atoms with Crippen LogP contribution >= 0.6 is 11.6 Å². The standard InChI is InChI=1S/C12H7ClF2OS/c13-8-1-4-10(5-2-8)17(16)12-6-3-9(14)7-11(12)15/h1-7H. The summed E-state index contributed by atoms with van der Waals surface area (Å²) in [5.74, 6) is -1.52. The van der Waals surface area contributed by atoms with E-state index in [4.69, 9.17) is 11.6 Å². The molecule has 2 aromatic carbocycles. The highest BCUT2D eigenvalue weighted by atomic mass is 35.5. The molecule has 5 heteroatoms. The Balaban J connectivity index is 2.40. The summed E-state index contributed by atoms with van der Waals surface area (Å²) in [5.41, 5.74) is 0. The molecule has 2 aromatic rings. The molecule has 0 aliphatic rings. The van der Waals surface area contributed by atoms with Crippen LogP contribution in [-0.4, -0.2) is 4.21 Å². The number of hydrogen-bond donors (Lipinski definition) is 0. The Morgan fingerprint density at radius 1 is 1.00 bits per heavy atom. The van der Waals surface area contributed by atoms with Crippen molar-refractivity contribution in [3.63, 3.8) is 0 Å². The van der Waals surface area contributed by atoms with Crippen LogP contribution in [0.25, 0.3) is 0 Å². The lowest BCUT2D eigenvalue weighted by atomic mass is 10.3. The summed E-state index contributed by atoms with van der Waals surface area (Å²) in [6.45, 7) is 0. The van der Waals surface area contributed by atoms with E-state index in [1.807, 2.05) is 0 Å². The van der Waals surface area contributed by atoms with E-state index in [9.17, 15) is 13.0 Å². The molecule has 17 heavy (non-hydrogen) atoms. The second-order valence-electron chi connectivity index (χ2n) is 3.30. The zero-order chi connectivity index (χ0) is 12.4. The molecule has 2 rings (SSSR count). The molecule has 0 aromatic heterocycles. The third-order valence-electron chi connectivity index (χ3n) is 2.12. The second kappa shape index (κ2) is 4.94. The molecule has 0 spiro atoms. The largest absolute Gasteiger partial charge is 0.249 e. The van der Waals surface area contributed by atoms with Gasteiger partial charge in [0.05, 0.1) is 15.7 Å². The summed E-state index contributed by atoms with van der Waals surface area (Å²) in [6, 6.07) is 9.18. The van der Waals surface area contributed by atoms with Gasteiger partial charge in [-0.2, -0.15) is 0 Å². The molecule has 1 nitrogen and oxygen atoms in total. The van der Waals surface area contributed by atoms with E-state index in [0.717, 1.165) is 6.07 Å². The van der Waals surface area contributed by atoms with Gasteiger partial charge >= 0.3 is 0 Å². The molecular formula is C12H7ClF2OS. The fraction of sp³-hybridized carbons (Fsp3) is 0. The van der Waals surface area contributed by atoms with Crippen LogP contribution in [0, 0.1) is 11.6 Å². The Morgan fingerprint density at radius 2 is 1.65 bits per heavy atom. The van der Waals surface area contributed by atoms with Crippen molar-refractivity contribution in [3.05, 3.63) is 59.1 Å². The van der Waals surface area contributed by atoms with Gasteiger partial charge in [0.1, 0.15) is 11.6 Å². The number of rotatable bonds is 2. The van der Waals surface area contributed by atoms with Gasteiger partial charge in [-0.15, -0.1) is 0 Å². The molecule has 0 saturated heterocycles. The van der Waals surface area contributed by atoms with E-state index in [1.165, 1.54) is 6.07 Å². The summed E-state index contributed by atoms with van der Waals surface area (Å²) >= 11 is 5.69. The molecule has 1 atom stereocenters.